The summed E-state index contributed by atoms with van der Waals surface area (Å²) in [6, 6.07) is 61.6. The standard InChI is InChI=1S/C51H33N5O/c1-3-14-32(15-4-1)49-52-50(54-51(53-49)34-26-29-46-42(31-34)39-22-9-12-25-45(39)57-46)33-16-13-19-36(30-33)56-44-24-11-8-21-38(44)41-28-27-40-37-20-7-10-23-43(37)55(47(40)48(41)56)35-17-5-2-6-18-35/h1-31,40,47H. The van der Waals surface area contributed by atoms with Crippen molar-refractivity contribution in [2.24, 2.45) is 0 Å². The molecule has 0 radical (unpaired) electrons. The smallest absolute Gasteiger partial charge is 0.164 e. The van der Waals surface area contributed by atoms with Crippen LogP contribution in [0.1, 0.15) is 28.8 Å². The summed E-state index contributed by atoms with van der Waals surface area (Å²) in [5.74, 6) is 2.03. The molecule has 2 aliphatic rings. The summed E-state index contributed by atoms with van der Waals surface area (Å²) in [4.78, 5) is 17.9. The van der Waals surface area contributed by atoms with Crippen molar-refractivity contribution in [3.8, 4) is 39.9 Å². The second-order valence-corrected chi connectivity index (χ2v) is 14.8. The van der Waals surface area contributed by atoms with Gasteiger partial charge in [0.2, 0.25) is 0 Å². The third-order valence-electron chi connectivity index (χ3n) is 11.6. The van der Waals surface area contributed by atoms with Crippen molar-refractivity contribution < 1.29 is 4.42 Å². The van der Waals surface area contributed by atoms with Gasteiger partial charge in [0.05, 0.1) is 17.3 Å². The van der Waals surface area contributed by atoms with Gasteiger partial charge in [0.25, 0.3) is 0 Å². The monoisotopic (exact) mass is 731 g/mol. The maximum absolute atomic E-state index is 6.16. The lowest BCUT2D eigenvalue weighted by molar-refractivity contribution is 0.636. The fourth-order valence-electron chi connectivity index (χ4n) is 9.09. The molecule has 4 heterocycles. The van der Waals surface area contributed by atoms with Gasteiger partial charge in [0.15, 0.2) is 17.5 Å². The van der Waals surface area contributed by atoms with Crippen molar-refractivity contribution in [1.29, 1.82) is 0 Å². The van der Waals surface area contributed by atoms with Crippen molar-refractivity contribution in [3.05, 3.63) is 199 Å². The molecule has 0 amide bonds. The Morgan fingerprint density at radius 1 is 0.474 bits per heavy atom. The maximum Gasteiger partial charge on any atom is 0.164 e. The fraction of sp³-hybridized carbons (Fsp3) is 0.0392. The molecule has 1 aliphatic heterocycles. The zero-order chi connectivity index (χ0) is 37.5. The molecule has 7 aromatic carbocycles. The van der Waals surface area contributed by atoms with Gasteiger partial charge in [-0.1, -0.05) is 127 Å². The first-order valence-corrected chi connectivity index (χ1v) is 19.4. The molecule has 0 saturated heterocycles. The Morgan fingerprint density at radius 3 is 1.95 bits per heavy atom. The first-order chi connectivity index (χ1) is 28.3. The Morgan fingerprint density at radius 2 is 1.11 bits per heavy atom. The molecule has 6 heteroatoms. The zero-order valence-corrected chi connectivity index (χ0v) is 30.7. The predicted molar refractivity (Wildman–Crippen MR) is 230 cm³/mol. The number of fused-ring (bicyclic) bond motifs is 10. The summed E-state index contributed by atoms with van der Waals surface area (Å²) in [5.41, 5.74) is 12.9. The maximum atomic E-state index is 6.16. The number of aromatic nitrogens is 4. The molecule has 0 fully saturated rings. The van der Waals surface area contributed by atoms with Crippen molar-refractivity contribution in [2.45, 2.75) is 12.0 Å². The third kappa shape index (κ3) is 4.94. The lowest BCUT2D eigenvalue weighted by Crippen LogP contribution is -2.26. The summed E-state index contributed by atoms with van der Waals surface area (Å²) in [6.45, 7) is 0. The van der Waals surface area contributed by atoms with Crippen LogP contribution in [-0.4, -0.2) is 19.5 Å². The Kier molecular flexibility index (Phi) is 6.95. The Labute approximate surface area is 328 Å². The van der Waals surface area contributed by atoms with Gasteiger partial charge >= 0.3 is 0 Å². The number of para-hydroxylation sites is 4. The highest BCUT2D eigenvalue weighted by molar-refractivity contribution is 6.06. The van der Waals surface area contributed by atoms with E-state index in [0.29, 0.717) is 17.5 Å². The van der Waals surface area contributed by atoms with Gasteiger partial charge in [0.1, 0.15) is 11.2 Å². The van der Waals surface area contributed by atoms with Crippen LogP contribution in [0.4, 0.5) is 11.4 Å². The number of rotatable bonds is 5. The number of furan rings is 1. The van der Waals surface area contributed by atoms with E-state index in [1.807, 2.05) is 60.7 Å². The molecule has 0 bridgehead atoms. The average Bonchev–Trinajstić information content (AvgIpc) is 3.94. The molecular formula is C51H33N5O. The number of anilines is 2. The molecular weight excluding hydrogens is 699 g/mol. The summed E-state index contributed by atoms with van der Waals surface area (Å²) in [5, 5.41) is 3.33. The van der Waals surface area contributed by atoms with Crippen molar-refractivity contribution >= 4 is 50.3 Å². The molecule has 0 N–H and O–H groups in total. The number of hydrogen-bond donors (Lipinski definition) is 0. The molecule has 3 aromatic heterocycles. The highest BCUT2D eigenvalue weighted by atomic mass is 16.3. The van der Waals surface area contributed by atoms with E-state index in [2.05, 4.69) is 137 Å². The van der Waals surface area contributed by atoms with Crippen molar-refractivity contribution in [2.75, 3.05) is 4.90 Å². The Balaban J connectivity index is 1.05. The minimum atomic E-state index is 0.0447. The lowest BCUT2D eigenvalue weighted by atomic mass is 9.86. The minimum Gasteiger partial charge on any atom is -0.456 e. The van der Waals surface area contributed by atoms with Gasteiger partial charge in [-0.25, -0.2) is 15.0 Å². The van der Waals surface area contributed by atoms with Crippen LogP contribution in [0.2, 0.25) is 0 Å². The second kappa shape index (κ2) is 12.5. The van der Waals surface area contributed by atoms with Gasteiger partial charge in [0, 0.05) is 61.4 Å². The number of nitrogens with zero attached hydrogens (tertiary/aromatic N) is 5. The molecule has 2 unspecified atom stereocenters. The zero-order valence-electron chi connectivity index (χ0n) is 30.7. The summed E-state index contributed by atoms with van der Waals surface area (Å²) in [6.07, 6.45) is 4.75. The quantitative estimate of drug-likeness (QED) is 0.176. The van der Waals surface area contributed by atoms with Crippen molar-refractivity contribution in [3.63, 3.8) is 0 Å². The SMILES string of the molecule is C1=CC2c3ccccc3N(c3ccccc3)C2c2c1c1ccccc1n2-c1cccc(-c2nc(-c3ccccc3)nc(-c3ccc4oc5ccccc5c4c3)n2)c1. The Hall–Kier alpha value is -7.57. The highest BCUT2D eigenvalue weighted by Gasteiger charge is 2.44. The summed E-state index contributed by atoms with van der Waals surface area (Å²) < 4.78 is 8.63. The first kappa shape index (κ1) is 31.7. The normalized spacial score (nSPS) is 15.6. The van der Waals surface area contributed by atoms with E-state index in [4.69, 9.17) is 19.4 Å². The lowest BCUT2D eigenvalue weighted by Gasteiger charge is -2.33. The number of hydrogen-bond acceptors (Lipinski definition) is 5. The van der Waals surface area contributed by atoms with Crippen LogP contribution in [0, 0.1) is 0 Å². The van der Waals surface area contributed by atoms with E-state index in [0.717, 1.165) is 49.8 Å². The number of benzene rings is 7. The van der Waals surface area contributed by atoms with Gasteiger partial charge in [-0.15, -0.1) is 0 Å². The van der Waals surface area contributed by atoms with Gasteiger partial charge in [-0.05, 0) is 66.2 Å². The van der Waals surface area contributed by atoms with Gasteiger partial charge in [-0.3, -0.25) is 0 Å². The third-order valence-corrected chi connectivity index (χ3v) is 11.6. The van der Waals surface area contributed by atoms with Crippen LogP contribution in [-0.2, 0) is 0 Å². The minimum absolute atomic E-state index is 0.0447. The van der Waals surface area contributed by atoms with E-state index in [9.17, 15) is 0 Å². The van der Waals surface area contributed by atoms with Crippen LogP contribution in [0.3, 0.4) is 0 Å². The van der Waals surface area contributed by atoms with Crippen LogP contribution in [0.25, 0.3) is 78.8 Å². The fourth-order valence-corrected chi connectivity index (χ4v) is 9.09. The molecule has 6 nitrogen and oxygen atoms in total. The molecule has 268 valence electrons. The summed E-state index contributed by atoms with van der Waals surface area (Å²) in [7, 11) is 0. The van der Waals surface area contributed by atoms with E-state index >= 15 is 0 Å². The predicted octanol–water partition coefficient (Wildman–Crippen LogP) is 12.7. The van der Waals surface area contributed by atoms with E-state index < -0.39 is 0 Å². The molecule has 12 rings (SSSR count). The summed E-state index contributed by atoms with van der Waals surface area (Å²) >= 11 is 0. The van der Waals surface area contributed by atoms with Crippen molar-refractivity contribution in [1.82, 2.24) is 19.5 Å². The topological polar surface area (TPSA) is 60.0 Å². The van der Waals surface area contributed by atoms with Crippen LogP contribution in [0.5, 0.6) is 0 Å². The van der Waals surface area contributed by atoms with E-state index in [1.54, 1.807) is 0 Å². The molecule has 0 spiro atoms. The second-order valence-electron chi connectivity index (χ2n) is 14.8. The van der Waals surface area contributed by atoms with Gasteiger partial charge < -0.3 is 13.9 Å². The van der Waals surface area contributed by atoms with Crippen LogP contribution in [0.15, 0.2) is 186 Å². The Bertz CT molecular complexity index is 3220. The first-order valence-electron chi connectivity index (χ1n) is 19.4. The van der Waals surface area contributed by atoms with Gasteiger partial charge in [-0.2, -0.15) is 0 Å². The van der Waals surface area contributed by atoms with Crippen LogP contribution >= 0.6 is 0 Å². The highest BCUT2D eigenvalue weighted by Crippen LogP contribution is 2.57. The molecule has 2 atom stereocenters. The van der Waals surface area contributed by atoms with E-state index in [1.165, 1.54) is 33.6 Å². The van der Waals surface area contributed by atoms with Crippen LogP contribution < -0.4 is 4.90 Å². The molecule has 57 heavy (non-hydrogen) atoms. The average molecular weight is 732 g/mol. The van der Waals surface area contributed by atoms with E-state index in [-0.39, 0.29) is 12.0 Å². The molecule has 0 saturated carbocycles. The largest absolute Gasteiger partial charge is 0.456 e. The molecule has 1 aliphatic carbocycles. The molecule has 10 aromatic rings.